The highest BCUT2D eigenvalue weighted by atomic mass is 19.4. The van der Waals surface area contributed by atoms with E-state index in [0.717, 1.165) is 51.9 Å². The van der Waals surface area contributed by atoms with Crippen LogP contribution in [0.25, 0.3) is 0 Å². The maximum atomic E-state index is 12.8. The van der Waals surface area contributed by atoms with E-state index in [1.807, 2.05) is 0 Å². The van der Waals surface area contributed by atoms with Crippen molar-refractivity contribution in [1.29, 1.82) is 0 Å². The monoisotopic (exact) mass is 494 g/mol. The van der Waals surface area contributed by atoms with Crippen LogP contribution in [0.2, 0.25) is 0 Å². The summed E-state index contributed by atoms with van der Waals surface area (Å²) in [6.45, 7) is 4.85. The molecule has 4 rings (SSSR count). The van der Waals surface area contributed by atoms with Crippen LogP contribution in [0.1, 0.15) is 45.4 Å². The lowest BCUT2D eigenvalue weighted by atomic mass is 9.91. The summed E-state index contributed by atoms with van der Waals surface area (Å²) in [5.74, 6) is 0. The van der Waals surface area contributed by atoms with Crippen LogP contribution in [0.15, 0.2) is 0 Å². The summed E-state index contributed by atoms with van der Waals surface area (Å²) < 4.78 is 54.9. The highest BCUT2D eigenvalue weighted by Crippen LogP contribution is 2.26. The van der Waals surface area contributed by atoms with Gasteiger partial charge in [0.15, 0.2) is 6.35 Å². The minimum atomic E-state index is -4.38. The first-order valence-corrected chi connectivity index (χ1v) is 12.7. The number of piperazine rings is 1. The normalized spacial score (nSPS) is 38.9. The topological polar surface area (TPSA) is 82.3 Å². The number of hydrogen-bond donors (Lipinski definition) is 4. The van der Waals surface area contributed by atoms with Gasteiger partial charge in [0.2, 0.25) is 0 Å². The fourth-order valence-corrected chi connectivity index (χ4v) is 5.51. The molecule has 12 heteroatoms. The Bertz CT molecular complexity index is 625. The Morgan fingerprint density at radius 3 is 2.44 bits per heavy atom. The molecular weight excluding hydrogens is 453 g/mol. The lowest BCUT2D eigenvalue weighted by Crippen LogP contribution is -2.76. The zero-order chi connectivity index (χ0) is 24.1. The number of alkyl halides is 3. The minimum absolute atomic E-state index is 0.108. The molecule has 7 atom stereocenters. The van der Waals surface area contributed by atoms with Crippen molar-refractivity contribution in [3.8, 4) is 0 Å². The van der Waals surface area contributed by atoms with E-state index in [1.54, 1.807) is 7.11 Å². The van der Waals surface area contributed by atoms with E-state index in [4.69, 9.17) is 14.2 Å². The van der Waals surface area contributed by atoms with Crippen molar-refractivity contribution in [2.75, 3.05) is 46.4 Å². The van der Waals surface area contributed by atoms with Gasteiger partial charge in [-0.05, 0) is 45.4 Å². The van der Waals surface area contributed by atoms with Crippen LogP contribution in [0.5, 0.6) is 0 Å². The Labute approximate surface area is 200 Å². The van der Waals surface area contributed by atoms with Gasteiger partial charge in [-0.1, -0.05) is 0 Å². The van der Waals surface area contributed by atoms with E-state index in [9.17, 15) is 13.2 Å². The molecule has 9 nitrogen and oxygen atoms in total. The Morgan fingerprint density at radius 1 is 1.00 bits per heavy atom. The molecule has 4 aliphatic rings. The van der Waals surface area contributed by atoms with Gasteiger partial charge >= 0.3 is 6.18 Å². The Kier molecular flexibility index (Phi) is 9.44. The number of hydrogen-bond acceptors (Lipinski definition) is 9. The molecule has 198 valence electrons. The smallest absolute Gasteiger partial charge is 0.381 e. The van der Waals surface area contributed by atoms with Gasteiger partial charge in [0.1, 0.15) is 19.2 Å². The van der Waals surface area contributed by atoms with Gasteiger partial charge in [0.25, 0.3) is 0 Å². The first kappa shape index (κ1) is 26.5. The zero-order valence-electron chi connectivity index (χ0n) is 20.3. The maximum Gasteiger partial charge on any atom is 0.411 e. The number of nitrogens with one attached hydrogen (secondary N) is 4. The number of halogens is 3. The van der Waals surface area contributed by atoms with E-state index in [0.29, 0.717) is 18.7 Å². The summed E-state index contributed by atoms with van der Waals surface area (Å²) in [5, 5.41) is 13.0. The number of methoxy groups -OCH3 is 1. The van der Waals surface area contributed by atoms with Crippen molar-refractivity contribution in [2.45, 2.75) is 94.9 Å². The molecule has 0 aromatic carbocycles. The summed E-state index contributed by atoms with van der Waals surface area (Å²) in [6, 6.07) is 0.542. The molecule has 0 aromatic heterocycles. The van der Waals surface area contributed by atoms with Crippen molar-refractivity contribution in [3.05, 3.63) is 0 Å². The minimum Gasteiger partial charge on any atom is -0.381 e. The fraction of sp³-hybridized carbons (Fsp3) is 1.00. The van der Waals surface area contributed by atoms with Crippen molar-refractivity contribution in [2.24, 2.45) is 0 Å². The quantitative estimate of drug-likeness (QED) is 0.394. The molecule has 0 bridgehead atoms. The number of rotatable bonds is 8. The highest BCUT2D eigenvalue weighted by molar-refractivity contribution is 4.87. The van der Waals surface area contributed by atoms with Gasteiger partial charge in [-0.25, -0.2) is 0 Å². The van der Waals surface area contributed by atoms with Crippen molar-refractivity contribution >= 4 is 0 Å². The molecule has 4 fully saturated rings. The molecule has 0 radical (unpaired) electrons. The Balaban J connectivity index is 1.29. The van der Waals surface area contributed by atoms with E-state index in [-0.39, 0.29) is 18.5 Å². The molecule has 7 unspecified atom stereocenters. The average Bonchev–Trinajstić information content (AvgIpc) is 3.26. The second-order valence-electron chi connectivity index (χ2n) is 9.95. The standard InChI is InChI=1S/C22H41F3N6O3/c1-15-6-7-18(34-15)13-26-19-27-20(29-21(28-19)33-14-22(23,24)25)31-10-8-30(9-11-31)16-4-3-5-17(12-16)32-2/h15-21,26-29H,3-14H2,1-2H3. The summed E-state index contributed by atoms with van der Waals surface area (Å²) in [5.41, 5.74) is 0. The van der Waals surface area contributed by atoms with Gasteiger partial charge in [0, 0.05) is 45.9 Å². The van der Waals surface area contributed by atoms with Crippen LogP contribution in [-0.2, 0) is 14.2 Å². The largest absolute Gasteiger partial charge is 0.411 e. The van der Waals surface area contributed by atoms with E-state index in [1.165, 1.54) is 12.8 Å². The fourth-order valence-electron chi connectivity index (χ4n) is 5.51. The van der Waals surface area contributed by atoms with Gasteiger partial charge in [-0.3, -0.25) is 31.1 Å². The first-order chi connectivity index (χ1) is 16.3. The summed E-state index contributed by atoms with van der Waals surface area (Å²) in [4.78, 5) is 4.77. The molecule has 0 spiro atoms. The third-order valence-electron chi connectivity index (χ3n) is 7.40. The van der Waals surface area contributed by atoms with E-state index in [2.05, 4.69) is 38.0 Å². The van der Waals surface area contributed by atoms with Crippen molar-refractivity contribution in [3.63, 3.8) is 0 Å². The lowest BCUT2D eigenvalue weighted by molar-refractivity contribution is -0.202. The molecule has 0 aromatic rings. The van der Waals surface area contributed by atoms with Gasteiger partial charge in [0.05, 0.1) is 18.3 Å². The molecule has 3 saturated heterocycles. The predicted octanol–water partition coefficient (Wildman–Crippen LogP) is 0.931. The van der Waals surface area contributed by atoms with Gasteiger partial charge in [-0.15, -0.1) is 0 Å². The molecule has 3 heterocycles. The van der Waals surface area contributed by atoms with E-state index < -0.39 is 25.4 Å². The van der Waals surface area contributed by atoms with Crippen molar-refractivity contribution in [1.82, 2.24) is 31.1 Å². The average molecular weight is 495 g/mol. The molecule has 0 amide bonds. The second-order valence-corrected chi connectivity index (χ2v) is 9.95. The van der Waals surface area contributed by atoms with Crippen LogP contribution < -0.4 is 21.3 Å². The maximum absolute atomic E-state index is 12.8. The highest BCUT2D eigenvalue weighted by Gasteiger charge is 2.37. The van der Waals surface area contributed by atoms with Crippen LogP contribution >= 0.6 is 0 Å². The summed E-state index contributed by atoms with van der Waals surface area (Å²) in [7, 11) is 1.79. The summed E-state index contributed by atoms with van der Waals surface area (Å²) >= 11 is 0. The van der Waals surface area contributed by atoms with E-state index >= 15 is 0 Å². The third-order valence-corrected chi connectivity index (χ3v) is 7.40. The number of ether oxygens (including phenoxy) is 3. The van der Waals surface area contributed by atoms with Crippen LogP contribution in [0.4, 0.5) is 13.2 Å². The lowest BCUT2D eigenvalue weighted by Gasteiger charge is -2.48. The van der Waals surface area contributed by atoms with Crippen LogP contribution in [0.3, 0.4) is 0 Å². The van der Waals surface area contributed by atoms with Crippen LogP contribution in [-0.4, -0.2) is 106 Å². The zero-order valence-corrected chi connectivity index (χ0v) is 20.3. The van der Waals surface area contributed by atoms with Gasteiger partial charge < -0.3 is 14.2 Å². The predicted molar refractivity (Wildman–Crippen MR) is 121 cm³/mol. The molecular formula is C22H41F3N6O3. The Morgan fingerprint density at radius 2 is 1.76 bits per heavy atom. The number of nitrogens with zero attached hydrogens (tertiary/aromatic N) is 2. The summed E-state index contributed by atoms with van der Waals surface area (Å²) in [6.07, 6.45) is 1.28. The first-order valence-electron chi connectivity index (χ1n) is 12.7. The molecule has 1 saturated carbocycles. The molecule has 1 aliphatic carbocycles. The Hall–Kier alpha value is -0.570. The van der Waals surface area contributed by atoms with Gasteiger partial charge in [-0.2, -0.15) is 13.2 Å². The molecule has 4 N–H and O–H groups in total. The molecule has 3 aliphatic heterocycles. The second kappa shape index (κ2) is 12.1. The van der Waals surface area contributed by atoms with Crippen LogP contribution in [0, 0.1) is 0 Å². The molecule has 34 heavy (non-hydrogen) atoms. The third kappa shape index (κ3) is 7.71. The van der Waals surface area contributed by atoms with Crippen molar-refractivity contribution < 1.29 is 27.4 Å². The SMILES string of the molecule is COC1CCCC(N2CCN(C3NC(NCC4CCC(C)O4)NC(OCC(F)(F)F)N3)CC2)C1.